The molecule has 0 rings (SSSR count). The van der Waals surface area contributed by atoms with Crippen LogP contribution >= 0.6 is 0 Å². The quantitative estimate of drug-likeness (QED) is 0.126. The van der Waals surface area contributed by atoms with Crippen molar-refractivity contribution in [2.24, 2.45) is 0 Å². The van der Waals surface area contributed by atoms with Crippen molar-refractivity contribution in [3.05, 3.63) is 0 Å². The first-order chi connectivity index (χ1) is 12.1. The van der Waals surface area contributed by atoms with Crippen LogP contribution in [0.3, 0.4) is 0 Å². The van der Waals surface area contributed by atoms with E-state index in [0.29, 0.717) is 6.42 Å². The number of hydrogen-bond donors (Lipinski definition) is 1. The van der Waals surface area contributed by atoms with Crippen LogP contribution in [-0.4, -0.2) is 60.8 Å². The summed E-state index contributed by atoms with van der Waals surface area (Å²) in [7, 11) is 0. The molecule has 1 N–H and O–H groups in total. The van der Waals surface area contributed by atoms with Gasteiger partial charge in [0.05, 0.1) is 0 Å². The van der Waals surface area contributed by atoms with Crippen molar-refractivity contribution in [2.75, 3.05) is 0 Å². The first-order valence-corrected chi connectivity index (χ1v) is 10.1. The van der Waals surface area contributed by atoms with Crippen LogP contribution in [0.15, 0.2) is 0 Å². The standard InChI is InChI=1S/C20H36O5.Ca.2H/c1-2-3-4-5-6-7-8-9-10-11-12-13-14-15-16-17-18(21)25-20(24)19(22)23;;;/h2-17H2,1H3,(H,22,23);;;/q;+2;2*-1. The van der Waals surface area contributed by atoms with Gasteiger partial charge in [-0.15, -0.1) is 0 Å². The molecular formula is C20H38CaO5. The molecule has 0 aliphatic rings. The fourth-order valence-corrected chi connectivity index (χ4v) is 2.84. The van der Waals surface area contributed by atoms with Crippen molar-refractivity contribution in [1.82, 2.24) is 0 Å². The SMILES string of the molecule is CCCCCCCCCCCCCCCCCC(=O)OC(=O)C(=O)O.[Ca+2].[H-].[H-]. The number of hydrogen-bond acceptors (Lipinski definition) is 4. The molecule has 0 aromatic heterocycles. The number of carboxylic acid groups (broad SMARTS) is 1. The summed E-state index contributed by atoms with van der Waals surface area (Å²) in [4.78, 5) is 32.1. The Kier molecular flexibility index (Phi) is 22.9. The van der Waals surface area contributed by atoms with Gasteiger partial charge in [-0.2, -0.15) is 0 Å². The third-order valence-corrected chi connectivity index (χ3v) is 4.37. The molecule has 0 heterocycles. The number of rotatable bonds is 16. The van der Waals surface area contributed by atoms with E-state index < -0.39 is 17.9 Å². The molecule has 0 aliphatic heterocycles. The van der Waals surface area contributed by atoms with E-state index in [0.717, 1.165) is 12.8 Å². The maximum atomic E-state index is 11.2. The molecule has 0 aromatic carbocycles. The Bertz CT molecular complexity index is 382. The Morgan fingerprint density at radius 2 is 1.04 bits per heavy atom. The van der Waals surface area contributed by atoms with E-state index in [1.165, 1.54) is 77.0 Å². The molecular weight excluding hydrogens is 360 g/mol. The number of aliphatic carboxylic acids is 1. The van der Waals surface area contributed by atoms with Gasteiger partial charge in [-0.1, -0.05) is 96.8 Å². The van der Waals surface area contributed by atoms with Crippen molar-refractivity contribution in [3.8, 4) is 0 Å². The Balaban J connectivity index is -0.000000960. The van der Waals surface area contributed by atoms with Gasteiger partial charge in [-0.05, 0) is 6.42 Å². The third-order valence-electron chi connectivity index (χ3n) is 4.37. The zero-order chi connectivity index (χ0) is 18.8. The minimum Gasteiger partial charge on any atom is -1.00 e. The topological polar surface area (TPSA) is 80.7 Å². The van der Waals surface area contributed by atoms with Gasteiger partial charge in [0.15, 0.2) is 0 Å². The summed E-state index contributed by atoms with van der Waals surface area (Å²) in [5.41, 5.74) is 0. The first-order valence-electron chi connectivity index (χ1n) is 10.1. The Hall–Kier alpha value is -0.130. The molecule has 0 aromatic rings. The van der Waals surface area contributed by atoms with Gasteiger partial charge in [0.2, 0.25) is 0 Å². The third kappa shape index (κ3) is 20.2. The molecule has 0 spiro atoms. The molecule has 0 atom stereocenters. The van der Waals surface area contributed by atoms with Crippen molar-refractivity contribution in [1.29, 1.82) is 0 Å². The molecule has 6 heteroatoms. The van der Waals surface area contributed by atoms with Crippen molar-refractivity contribution >= 4 is 55.6 Å². The van der Waals surface area contributed by atoms with Crippen LogP contribution in [0.5, 0.6) is 0 Å². The predicted octanol–water partition coefficient (Wildman–Crippen LogP) is 5.25. The van der Waals surface area contributed by atoms with Crippen molar-refractivity contribution < 1.29 is 27.1 Å². The van der Waals surface area contributed by atoms with E-state index in [-0.39, 0.29) is 47.0 Å². The van der Waals surface area contributed by atoms with E-state index in [9.17, 15) is 14.4 Å². The number of esters is 2. The van der Waals surface area contributed by atoms with E-state index >= 15 is 0 Å². The average Bonchev–Trinajstić information content (AvgIpc) is 2.58. The van der Waals surface area contributed by atoms with E-state index in [4.69, 9.17) is 5.11 Å². The van der Waals surface area contributed by atoms with Crippen molar-refractivity contribution in [3.63, 3.8) is 0 Å². The molecule has 0 fully saturated rings. The van der Waals surface area contributed by atoms with E-state index in [2.05, 4.69) is 11.7 Å². The second-order valence-electron chi connectivity index (χ2n) is 6.77. The van der Waals surface area contributed by atoms with Gasteiger partial charge in [-0.25, -0.2) is 9.59 Å². The largest absolute Gasteiger partial charge is 2.00 e. The number of ether oxygens (including phenoxy) is 1. The summed E-state index contributed by atoms with van der Waals surface area (Å²) in [6, 6.07) is 0. The second-order valence-corrected chi connectivity index (χ2v) is 6.77. The molecule has 0 unspecified atom stereocenters. The summed E-state index contributed by atoms with van der Waals surface area (Å²) >= 11 is 0. The Morgan fingerprint density at radius 3 is 1.38 bits per heavy atom. The summed E-state index contributed by atoms with van der Waals surface area (Å²) < 4.78 is 4.15. The molecule has 150 valence electrons. The smallest absolute Gasteiger partial charge is 1.00 e. The van der Waals surface area contributed by atoms with Crippen molar-refractivity contribution in [2.45, 2.75) is 110 Å². The first kappa shape index (κ1) is 28.1. The summed E-state index contributed by atoms with van der Waals surface area (Å²) in [5.74, 6) is -3.97. The van der Waals surface area contributed by atoms with Crippen LogP contribution in [0, 0.1) is 0 Å². The summed E-state index contributed by atoms with van der Waals surface area (Å²) in [6.45, 7) is 2.25. The van der Waals surface area contributed by atoms with Crippen LogP contribution < -0.4 is 0 Å². The Labute approximate surface area is 191 Å². The van der Waals surface area contributed by atoms with Gasteiger partial charge in [-0.3, -0.25) is 4.79 Å². The summed E-state index contributed by atoms with van der Waals surface area (Å²) in [6.07, 6.45) is 18.7. The Morgan fingerprint density at radius 1 is 0.692 bits per heavy atom. The zero-order valence-corrected chi connectivity index (χ0v) is 18.8. The van der Waals surface area contributed by atoms with E-state index in [1.54, 1.807) is 0 Å². The number of carboxylic acids is 1. The van der Waals surface area contributed by atoms with Crippen LogP contribution in [0.25, 0.3) is 0 Å². The number of carbonyl (C=O) groups excluding carboxylic acids is 2. The molecule has 0 aliphatic carbocycles. The van der Waals surface area contributed by atoms with Crippen LogP contribution in [-0.2, 0) is 19.1 Å². The number of unbranched alkanes of at least 4 members (excludes halogenated alkanes) is 14. The summed E-state index contributed by atoms with van der Waals surface area (Å²) in [5, 5.41) is 8.31. The molecule has 0 bridgehead atoms. The van der Waals surface area contributed by atoms with Gasteiger partial charge in [0.1, 0.15) is 0 Å². The maximum Gasteiger partial charge on any atom is 2.00 e. The predicted molar refractivity (Wildman–Crippen MR) is 106 cm³/mol. The molecule has 0 saturated heterocycles. The minimum absolute atomic E-state index is 0. The molecule has 26 heavy (non-hydrogen) atoms. The maximum absolute atomic E-state index is 11.2. The average molecular weight is 399 g/mol. The molecule has 0 saturated carbocycles. The molecule has 0 radical (unpaired) electrons. The van der Waals surface area contributed by atoms with E-state index in [1.807, 2.05) is 0 Å². The molecule has 0 amide bonds. The number of carbonyl (C=O) groups is 3. The normalized spacial score (nSPS) is 10.2. The van der Waals surface area contributed by atoms with Crippen LogP contribution in [0.1, 0.15) is 113 Å². The van der Waals surface area contributed by atoms with Gasteiger partial charge in [0, 0.05) is 6.42 Å². The van der Waals surface area contributed by atoms with Gasteiger partial charge < -0.3 is 12.7 Å². The van der Waals surface area contributed by atoms with Gasteiger partial charge in [0.25, 0.3) is 0 Å². The second kappa shape index (κ2) is 21.2. The minimum atomic E-state index is -1.73. The monoisotopic (exact) mass is 398 g/mol. The van der Waals surface area contributed by atoms with Crippen LogP contribution in [0.2, 0.25) is 0 Å². The fourth-order valence-electron chi connectivity index (χ4n) is 2.84. The van der Waals surface area contributed by atoms with Crippen LogP contribution in [0.4, 0.5) is 0 Å². The zero-order valence-electron chi connectivity index (χ0n) is 18.6. The van der Waals surface area contributed by atoms with Gasteiger partial charge >= 0.3 is 55.6 Å². The fraction of sp³-hybridized carbons (Fsp3) is 0.850. The molecule has 5 nitrogen and oxygen atoms in total.